The van der Waals surface area contributed by atoms with Gasteiger partial charge in [0, 0.05) is 20.2 Å². The molecule has 0 bridgehead atoms. The third-order valence-corrected chi connectivity index (χ3v) is 5.26. The van der Waals surface area contributed by atoms with Crippen LogP contribution in [0.15, 0.2) is 18.2 Å². The molecule has 0 spiro atoms. The van der Waals surface area contributed by atoms with Gasteiger partial charge in [0.05, 0.1) is 6.61 Å². The molecule has 1 amide bonds. The zero-order chi connectivity index (χ0) is 17.9. The predicted molar refractivity (Wildman–Crippen MR) is 91.7 cm³/mol. The number of hydrogen-bond donors (Lipinski definition) is 1. The standard InChI is InChI=1S/C19H25NO5/c1-24-13-19(18(22)23)8-9-20(12-19)17(21)11-25-16-7-6-14-4-2-3-5-15(14)10-16/h6-7,10H,2-5,8-9,11-13H2,1H3,(H,22,23). The Labute approximate surface area is 147 Å². The summed E-state index contributed by atoms with van der Waals surface area (Å²) in [7, 11) is 1.48. The lowest BCUT2D eigenvalue weighted by atomic mass is 9.88. The minimum atomic E-state index is -1.00. The van der Waals surface area contributed by atoms with E-state index in [4.69, 9.17) is 9.47 Å². The Bertz CT molecular complexity index is 659. The number of carboxylic acid groups (broad SMARTS) is 1. The van der Waals surface area contributed by atoms with E-state index in [0.29, 0.717) is 18.7 Å². The van der Waals surface area contributed by atoms with Crippen LogP contribution in [-0.4, -0.2) is 55.3 Å². The minimum Gasteiger partial charge on any atom is -0.484 e. The molecule has 1 aromatic carbocycles. The molecule has 1 aliphatic carbocycles. The van der Waals surface area contributed by atoms with Gasteiger partial charge in [-0.1, -0.05) is 6.07 Å². The van der Waals surface area contributed by atoms with E-state index in [9.17, 15) is 14.7 Å². The summed E-state index contributed by atoms with van der Waals surface area (Å²) in [5.74, 6) is -0.396. The van der Waals surface area contributed by atoms with Crippen molar-refractivity contribution in [3.63, 3.8) is 0 Å². The van der Waals surface area contributed by atoms with Gasteiger partial charge in [-0.3, -0.25) is 9.59 Å². The molecule has 0 aromatic heterocycles. The third kappa shape index (κ3) is 3.79. The second kappa shape index (κ2) is 7.44. The number of carbonyl (C=O) groups excluding carboxylic acids is 1. The molecule has 1 saturated heterocycles. The maximum absolute atomic E-state index is 12.4. The van der Waals surface area contributed by atoms with Crippen LogP contribution in [0.5, 0.6) is 5.75 Å². The molecule has 0 saturated carbocycles. The number of carbonyl (C=O) groups is 2. The molecule has 1 atom stereocenters. The summed E-state index contributed by atoms with van der Waals surface area (Å²) >= 11 is 0. The van der Waals surface area contributed by atoms with Crippen molar-refractivity contribution in [1.82, 2.24) is 4.90 Å². The first-order valence-corrected chi connectivity index (χ1v) is 8.79. The third-order valence-electron chi connectivity index (χ3n) is 5.26. The summed E-state index contributed by atoms with van der Waals surface area (Å²) < 4.78 is 10.7. The van der Waals surface area contributed by atoms with Crippen molar-refractivity contribution in [3.05, 3.63) is 29.3 Å². The monoisotopic (exact) mass is 347 g/mol. The minimum absolute atomic E-state index is 0.0680. The zero-order valence-corrected chi connectivity index (χ0v) is 14.6. The molecule has 1 aromatic rings. The van der Waals surface area contributed by atoms with E-state index in [1.54, 1.807) is 4.90 Å². The summed E-state index contributed by atoms with van der Waals surface area (Å²) in [6.45, 7) is 0.629. The van der Waals surface area contributed by atoms with Gasteiger partial charge in [-0.05, 0) is 55.4 Å². The molecule has 0 radical (unpaired) electrons. The van der Waals surface area contributed by atoms with Crippen molar-refractivity contribution >= 4 is 11.9 Å². The maximum atomic E-state index is 12.4. The number of rotatable bonds is 6. The summed E-state index contributed by atoms with van der Waals surface area (Å²) in [5.41, 5.74) is 1.67. The van der Waals surface area contributed by atoms with Gasteiger partial charge in [-0.25, -0.2) is 0 Å². The number of fused-ring (bicyclic) bond motifs is 1. The molecular formula is C19H25NO5. The fourth-order valence-corrected chi connectivity index (χ4v) is 3.75. The molecule has 6 heteroatoms. The van der Waals surface area contributed by atoms with Crippen LogP contribution in [0, 0.1) is 5.41 Å². The lowest BCUT2D eigenvalue weighted by molar-refractivity contribution is -0.151. The Morgan fingerprint density at radius 1 is 1.24 bits per heavy atom. The largest absolute Gasteiger partial charge is 0.484 e. The number of aliphatic carboxylic acids is 1. The molecule has 6 nitrogen and oxygen atoms in total. The van der Waals surface area contributed by atoms with Gasteiger partial charge in [0.25, 0.3) is 5.91 Å². The van der Waals surface area contributed by atoms with Crippen LogP contribution in [0.1, 0.15) is 30.4 Å². The predicted octanol–water partition coefficient (Wildman–Crippen LogP) is 1.89. The van der Waals surface area contributed by atoms with Gasteiger partial charge in [-0.2, -0.15) is 0 Å². The zero-order valence-electron chi connectivity index (χ0n) is 14.6. The summed E-state index contributed by atoms with van der Waals surface area (Å²) in [6, 6.07) is 6.02. The summed E-state index contributed by atoms with van der Waals surface area (Å²) in [6.07, 6.45) is 5.00. The van der Waals surface area contributed by atoms with Crippen LogP contribution in [0.25, 0.3) is 0 Å². The van der Waals surface area contributed by atoms with Crippen LogP contribution in [0.3, 0.4) is 0 Å². The van der Waals surface area contributed by atoms with Gasteiger partial charge >= 0.3 is 5.97 Å². The summed E-state index contributed by atoms with van der Waals surface area (Å²) in [4.78, 5) is 25.5. The van der Waals surface area contributed by atoms with Crippen LogP contribution in [-0.2, 0) is 27.2 Å². The quantitative estimate of drug-likeness (QED) is 0.850. The molecule has 1 N–H and O–H groups in total. The second-order valence-corrected chi connectivity index (χ2v) is 7.01. The highest BCUT2D eigenvalue weighted by atomic mass is 16.5. The lowest BCUT2D eigenvalue weighted by Gasteiger charge is -2.24. The SMILES string of the molecule is COCC1(C(=O)O)CCN(C(=O)COc2ccc3c(c2)CCCC3)C1. The number of likely N-dealkylation sites (tertiary alicyclic amines) is 1. The number of nitrogens with zero attached hydrogens (tertiary/aromatic N) is 1. The van der Waals surface area contributed by atoms with E-state index >= 15 is 0 Å². The Morgan fingerprint density at radius 2 is 2.00 bits per heavy atom. The maximum Gasteiger partial charge on any atom is 0.313 e. The fourth-order valence-electron chi connectivity index (χ4n) is 3.75. The van der Waals surface area contributed by atoms with E-state index in [-0.39, 0.29) is 25.7 Å². The second-order valence-electron chi connectivity index (χ2n) is 7.01. The van der Waals surface area contributed by atoms with Crippen molar-refractivity contribution < 1.29 is 24.2 Å². The van der Waals surface area contributed by atoms with E-state index in [2.05, 4.69) is 6.07 Å². The highest BCUT2D eigenvalue weighted by Gasteiger charge is 2.46. The highest BCUT2D eigenvalue weighted by molar-refractivity contribution is 5.81. The molecule has 3 rings (SSSR count). The number of methoxy groups -OCH3 is 1. The first-order chi connectivity index (χ1) is 12.0. The molecule has 1 unspecified atom stereocenters. The average molecular weight is 347 g/mol. The molecule has 1 fully saturated rings. The molecular weight excluding hydrogens is 322 g/mol. The summed E-state index contributed by atoms with van der Waals surface area (Å²) in [5, 5.41) is 9.47. The van der Waals surface area contributed by atoms with Crippen LogP contribution in [0.4, 0.5) is 0 Å². The number of amides is 1. The number of carboxylic acids is 1. The number of hydrogen-bond acceptors (Lipinski definition) is 4. The normalized spacial score (nSPS) is 22.5. The Kier molecular flexibility index (Phi) is 5.27. The van der Waals surface area contributed by atoms with E-state index in [0.717, 1.165) is 12.8 Å². The molecule has 25 heavy (non-hydrogen) atoms. The van der Waals surface area contributed by atoms with Crippen molar-refractivity contribution in [3.8, 4) is 5.75 Å². The van der Waals surface area contributed by atoms with E-state index < -0.39 is 11.4 Å². The van der Waals surface area contributed by atoms with Gasteiger partial charge in [-0.15, -0.1) is 0 Å². The Morgan fingerprint density at radius 3 is 2.72 bits per heavy atom. The molecule has 136 valence electrons. The van der Waals surface area contributed by atoms with Crippen molar-refractivity contribution in [2.45, 2.75) is 32.1 Å². The molecule has 2 aliphatic rings. The van der Waals surface area contributed by atoms with Crippen molar-refractivity contribution in [2.24, 2.45) is 5.41 Å². The topological polar surface area (TPSA) is 76.1 Å². The van der Waals surface area contributed by atoms with E-state index in [1.807, 2.05) is 12.1 Å². The smallest absolute Gasteiger partial charge is 0.313 e. The van der Waals surface area contributed by atoms with Crippen molar-refractivity contribution in [2.75, 3.05) is 33.4 Å². The van der Waals surface area contributed by atoms with Crippen LogP contribution < -0.4 is 4.74 Å². The average Bonchev–Trinajstić information content (AvgIpc) is 3.05. The highest BCUT2D eigenvalue weighted by Crippen LogP contribution is 2.31. The van der Waals surface area contributed by atoms with Crippen molar-refractivity contribution in [1.29, 1.82) is 0 Å². The van der Waals surface area contributed by atoms with Crippen LogP contribution >= 0.6 is 0 Å². The first kappa shape index (κ1) is 17.7. The first-order valence-electron chi connectivity index (χ1n) is 8.79. The number of benzene rings is 1. The Balaban J connectivity index is 1.57. The van der Waals surface area contributed by atoms with Gasteiger partial charge in [0.2, 0.25) is 0 Å². The molecule has 1 heterocycles. The van der Waals surface area contributed by atoms with Crippen LogP contribution in [0.2, 0.25) is 0 Å². The molecule has 1 aliphatic heterocycles. The number of ether oxygens (including phenoxy) is 2. The number of aryl methyl sites for hydroxylation is 2. The van der Waals surface area contributed by atoms with Gasteiger partial charge in [0.1, 0.15) is 11.2 Å². The fraction of sp³-hybridized carbons (Fsp3) is 0.579. The Hall–Kier alpha value is -2.08. The van der Waals surface area contributed by atoms with E-state index in [1.165, 1.54) is 31.1 Å². The van der Waals surface area contributed by atoms with Gasteiger partial charge < -0.3 is 19.5 Å². The lowest BCUT2D eigenvalue weighted by Crippen LogP contribution is -2.41. The van der Waals surface area contributed by atoms with Gasteiger partial charge in [0.15, 0.2) is 6.61 Å².